The lowest BCUT2D eigenvalue weighted by Gasteiger charge is -2.24. The van der Waals surface area contributed by atoms with Gasteiger partial charge in [-0.1, -0.05) is 12.8 Å². The van der Waals surface area contributed by atoms with Crippen LogP contribution < -0.4 is 0 Å². The molecule has 2 rings (SSSR count). The minimum Gasteiger partial charge on any atom is -0.481 e. The van der Waals surface area contributed by atoms with E-state index in [0.717, 1.165) is 25.7 Å². The van der Waals surface area contributed by atoms with Gasteiger partial charge in [0.1, 0.15) is 6.10 Å². The average molecular weight is 268 g/mol. The highest BCUT2D eigenvalue weighted by Crippen LogP contribution is 2.43. The van der Waals surface area contributed by atoms with Gasteiger partial charge in [0.25, 0.3) is 0 Å². The SMILES string of the molecule is COC(C)c1nnc(CC2(CC(=O)O)CCCC2)o1. The molecule has 0 saturated heterocycles. The zero-order valence-corrected chi connectivity index (χ0v) is 11.4. The average Bonchev–Trinajstić information content (AvgIpc) is 2.98. The number of nitrogens with zero attached hydrogens (tertiary/aromatic N) is 2. The Hall–Kier alpha value is -1.43. The number of rotatable bonds is 6. The normalized spacial score (nSPS) is 19.5. The van der Waals surface area contributed by atoms with Crippen molar-refractivity contribution in [3.63, 3.8) is 0 Å². The molecule has 1 heterocycles. The summed E-state index contributed by atoms with van der Waals surface area (Å²) < 4.78 is 10.7. The van der Waals surface area contributed by atoms with Gasteiger partial charge in [0, 0.05) is 13.5 Å². The molecule has 1 aromatic heterocycles. The molecular formula is C13H20N2O4. The first-order valence-corrected chi connectivity index (χ1v) is 6.61. The monoisotopic (exact) mass is 268 g/mol. The zero-order valence-electron chi connectivity index (χ0n) is 11.4. The van der Waals surface area contributed by atoms with Crippen molar-refractivity contribution in [2.45, 2.75) is 51.6 Å². The Bertz CT molecular complexity index is 438. The largest absolute Gasteiger partial charge is 0.481 e. The molecule has 0 radical (unpaired) electrons. The Labute approximate surface area is 112 Å². The van der Waals surface area contributed by atoms with Crippen molar-refractivity contribution < 1.29 is 19.1 Å². The number of ether oxygens (including phenoxy) is 1. The summed E-state index contributed by atoms with van der Waals surface area (Å²) in [6, 6.07) is 0. The second-order valence-electron chi connectivity index (χ2n) is 5.37. The Morgan fingerprint density at radius 2 is 2.16 bits per heavy atom. The number of aliphatic carboxylic acids is 1. The van der Waals surface area contributed by atoms with Gasteiger partial charge in [-0.25, -0.2) is 0 Å². The molecule has 1 unspecified atom stereocenters. The van der Waals surface area contributed by atoms with Crippen LogP contribution in [0.4, 0.5) is 0 Å². The van der Waals surface area contributed by atoms with E-state index in [0.29, 0.717) is 18.2 Å². The van der Waals surface area contributed by atoms with Crippen molar-refractivity contribution in [3.8, 4) is 0 Å². The summed E-state index contributed by atoms with van der Waals surface area (Å²) in [5.41, 5.74) is -0.216. The molecule has 6 heteroatoms. The molecule has 0 aliphatic heterocycles. The molecule has 19 heavy (non-hydrogen) atoms. The molecule has 1 atom stereocenters. The second-order valence-corrected chi connectivity index (χ2v) is 5.37. The van der Waals surface area contributed by atoms with Crippen LogP contribution in [-0.4, -0.2) is 28.4 Å². The van der Waals surface area contributed by atoms with Crippen LogP contribution in [0.2, 0.25) is 0 Å². The molecule has 1 aromatic rings. The van der Waals surface area contributed by atoms with Crippen LogP contribution in [0.25, 0.3) is 0 Å². The van der Waals surface area contributed by atoms with Crippen molar-refractivity contribution in [3.05, 3.63) is 11.8 Å². The lowest BCUT2D eigenvalue weighted by molar-refractivity contribution is -0.139. The number of methoxy groups -OCH3 is 1. The highest BCUT2D eigenvalue weighted by molar-refractivity contribution is 5.67. The molecule has 6 nitrogen and oxygen atoms in total. The maximum atomic E-state index is 11.0. The highest BCUT2D eigenvalue weighted by Gasteiger charge is 2.37. The Kier molecular flexibility index (Phi) is 4.19. The highest BCUT2D eigenvalue weighted by atomic mass is 16.5. The van der Waals surface area contributed by atoms with Gasteiger partial charge in [0.05, 0.1) is 6.42 Å². The van der Waals surface area contributed by atoms with E-state index in [4.69, 9.17) is 14.3 Å². The summed E-state index contributed by atoms with van der Waals surface area (Å²) in [6.07, 6.45) is 4.45. The van der Waals surface area contributed by atoms with Crippen molar-refractivity contribution in [2.24, 2.45) is 5.41 Å². The molecular weight excluding hydrogens is 248 g/mol. The van der Waals surface area contributed by atoms with Crippen LogP contribution in [0.1, 0.15) is 56.9 Å². The molecule has 1 fully saturated rings. The van der Waals surface area contributed by atoms with Crippen molar-refractivity contribution >= 4 is 5.97 Å². The lowest BCUT2D eigenvalue weighted by atomic mass is 9.79. The number of hydrogen-bond acceptors (Lipinski definition) is 5. The number of carboxylic acids is 1. The Balaban J connectivity index is 2.09. The summed E-state index contributed by atoms with van der Waals surface area (Å²) >= 11 is 0. The van der Waals surface area contributed by atoms with E-state index < -0.39 is 5.97 Å². The predicted molar refractivity (Wildman–Crippen MR) is 66.6 cm³/mol. The van der Waals surface area contributed by atoms with Gasteiger partial charge < -0.3 is 14.3 Å². The number of hydrogen-bond donors (Lipinski definition) is 1. The molecule has 0 amide bonds. The number of carboxylic acid groups (broad SMARTS) is 1. The zero-order chi connectivity index (χ0) is 13.9. The smallest absolute Gasteiger partial charge is 0.303 e. The molecule has 1 N–H and O–H groups in total. The lowest BCUT2D eigenvalue weighted by Crippen LogP contribution is -2.24. The molecule has 1 aliphatic carbocycles. The van der Waals surface area contributed by atoms with Crippen LogP contribution in [0, 0.1) is 5.41 Å². The van der Waals surface area contributed by atoms with E-state index in [1.165, 1.54) is 0 Å². The van der Waals surface area contributed by atoms with Gasteiger partial charge in [-0.2, -0.15) is 0 Å². The third kappa shape index (κ3) is 3.32. The van der Waals surface area contributed by atoms with Crippen LogP contribution in [0.3, 0.4) is 0 Å². The first kappa shape index (κ1) is 14.0. The standard InChI is InChI=1S/C13H20N2O4/c1-9(18-2)12-15-14-10(19-12)7-13(8-11(16)17)5-3-4-6-13/h9H,3-8H2,1-2H3,(H,16,17). The molecule has 0 aromatic carbocycles. The van der Waals surface area contributed by atoms with Crippen molar-refractivity contribution in [1.29, 1.82) is 0 Å². The van der Waals surface area contributed by atoms with Gasteiger partial charge in [-0.15, -0.1) is 10.2 Å². The molecule has 1 saturated carbocycles. The van der Waals surface area contributed by atoms with Gasteiger partial charge in [0.15, 0.2) is 0 Å². The maximum Gasteiger partial charge on any atom is 0.303 e. The fraction of sp³-hybridized carbons (Fsp3) is 0.769. The van der Waals surface area contributed by atoms with Crippen LogP contribution >= 0.6 is 0 Å². The fourth-order valence-electron chi connectivity index (χ4n) is 2.79. The Morgan fingerprint density at radius 3 is 2.74 bits per heavy atom. The summed E-state index contributed by atoms with van der Waals surface area (Å²) in [5, 5.41) is 17.0. The van der Waals surface area contributed by atoms with Gasteiger partial charge >= 0.3 is 5.97 Å². The minimum atomic E-state index is -0.758. The first-order chi connectivity index (χ1) is 9.04. The fourth-order valence-corrected chi connectivity index (χ4v) is 2.79. The van der Waals surface area contributed by atoms with Crippen molar-refractivity contribution in [2.75, 3.05) is 7.11 Å². The predicted octanol–water partition coefficient (Wildman–Crippen LogP) is 2.35. The van der Waals surface area contributed by atoms with Gasteiger partial charge in [-0.3, -0.25) is 4.79 Å². The molecule has 0 spiro atoms. The van der Waals surface area contributed by atoms with Gasteiger partial charge in [-0.05, 0) is 25.2 Å². The molecule has 106 valence electrons. The summed E-state index contributed by atoms with van der Waals surface area (Å²) in [4.78, 5) is 11.0. The van der Waals surface area contributed by atoms with Gasteiger partial charge in [0.2, 0.25) is 11.8 Å². The Morgan fingerprint density at radius 1 is 1.47 bits per heavy atom. The summed E-state index contributed by atoms with van der Waals surface area (Å²) in [6.45, 7) is 1.83. The first-order valence-electron chi connectivity index (χ1n) is 6.61. The van der Waals surface area contributed by atoms with Crippen LogP contribution in [0.5, 0.6) is 0 Å². The third-order valence-electron chi connectivity index (χ3n) is 3.90. The second kappa shape index (κ2) is 5.69. The van der Waals surface area contributed by atoms with E-state index in [-0.39, 0.29) is 17.9 Å². The summed E-state index contributed by atoms with van der Waals surface area (Å²) in [7, 11) is 1.58. The van der Waals surface area contributed by atoms with E-state index >= 15 is 0 Å². The maximum absolute atomic E-state index is 11.0. The van der Waals surface area contributed by atoms with Crippen LogP contribution in [-0.2, 0) is 16.0 Å². The van der Waals surface area contributed by atoms with E-state index in [2.05, 4.69) is 10.2 Å². The number of aromatic nitrogens is 2. The number of carbonyl (C=O) groups is 1. The van der Waals surface area contributed by atoms with Crippen molar-refractivity contribution in [1.82, 2.24) is 10.2 Å². The summed E-state index contributed by atoms with van der Waals surface area (Å²) in [5.74, 6) is 0.204. The topological polar surface area (TPSA) is 85.5 Å². The molecule has 1 aliphatic rings. The van der Waals surface area contributed by atoms with Crippen LogP contribution in [0.15, 0.2) is 4.42 Å². The minimum absolute atomic E-state index is 0.171. The van der Waals surface area contributed by atoms with E-state index in [1.54, 1.807) is 7.11 Å². The third-order valence-corrected chi connectivity index (χ3v) is 3.90. The van der Waals surface area contributed by atoms with E-state index in [9.17, 15) is 4.79 Å². The quantitative estimate of drug-likeness (QED) is 0.852. The van der Waals surface area contributed by atoms with E-state index in [1.807, 2.05) is 6.92 Å². The molecule has 0 bridgehead atoms.